The summed E-state index contributed by atoms with van der Waals surface area (Å²) < 4.78 is 0. The van der Waals surface area contributed by atoms with Crippen LogP contribution in [-0.2, 0) is 19.2 Å². The van der Waals surface area contributed by atoms with Gasteiger partial charge in [0.2, 0.25) is 17.7 Å². The molecule has 5 atom stereocenters. The van der Waals surface area contributed by atoms with Gasteiger partial charge < -0.3 is 37.6 Å². The van der Waals surface area contributed by atoms with Crippen LogP contribution in [0.3, 0.4) is 0 Å². The maximum atomic E-state index is 12.9. The van der Waals surface area contributed by atoms with Crippen molar-refractivity contribution in [3.05, 3.63) is 0 Å². The van der Waals surface area contributed by atoms with Crippen molar-refractivity contribution in [2.24, 2.45) is 17.4 Å². The minimum absolute atomic E-state index is 0.307. The van der Waals surface area contributed by atoms with E-state index in [1.165, 1.54) is 6.92 Å². The molecule has 0 saturated carbocycles. The van der Waals surface area contributed by atoms with Crippen molar-refractivity contribution in [3.63, 3.8) is 0 Å². The number of carbonyl (C=O) groups excluding carboxylic acids is 3. The number of aliphatic carboxylic acids is 1. The van der Waals surface area contributed by atoms with Gasteiger partial charge in [0.1, 0.15) is 12.1 Å². The van der Waals surface area contributed by atoms with Gasteiger partial charge in [-0.1, -0.05) is 13.8 Å². The predicted molar refractivity (Wildman–Crippen MR) is 124 cm³/mol. The lowest BCUT2D eigenvalue weighted by Gasteiger charge is -2.27. The first-order valence-corrected chi connectivity index (χ1v) is 12.1. The van der Waals surface area contributed by atoms with Crippen LogP contribution < -0.4 is 27.4 Å². The van der Waals surface area contributed by atoms with Gasteiger partial charge in [-0.2, -0.15) is 11.8 Å². The zero-order valence-corrected chi connectivity index (χ0v) is 20.1. The average Bonchev–Trinajstić information content (AvgIpc) is 2.72. The molecule has 32 heavy (non-hydrogen) atoms. The van der Waals surface area contributed by atoms with Crippen molar-refractivity contribution in [3.8, 4) is 0 Å². The molecule has 11 nitrogen and oxygen atoms in total. The second-order valence-corrected chi connectivity index (χ2v) is 9.01. The highest BCUT2D eigenvalue weighted by molar-refractivity contribution is 7.98. The molecule has 0 heterocycles. The molecular weight excluding hydrogens is 438 g/mol. The summed E-state index contributed by atoms with van der Waals surface area (Å²) >= 11 is 1.56. The summed E-state index contributed by atoms with van der Waals surface area (Å²) in [4.78, 5) is 49.3. The van der Waals surface area contributed by atoms with Crippen LogP contribution in [0.15, 0.2) is 0 Å². The third-order valence-corrected chi connectivity index (χ3v) is 5.49. The van der Waals surface area contributed by atoms with Crippen LogP contribution >= 0.6 is 11.8 Å². The minimum atomic E-state index is -1.52. The molecule has 0 bridgehead atoms. The molecule has 0 aliphatic heterocycles. The number of nitrogens with two attached hydrogens (primary N) is 2. The monoisotopic (exact) mass is 477 g/mol. The molecule has 186 valence electrons. The number of carboxylic acid groups (broad SMARTS) is 1. The second kappa shape index (κ2) is 15.8. The molecule has 5 unspecified atom stereocenters. The number of hydrogen-bond acceptors (Lipinski definition) is 8. The van der Waals surface area contributed by atoms with E-state index in [0.29, 0.717) is 38.0 Å². The van der Waals surface area contributed by atoms with Gasteiger partial charge >= 0.3 is 5.97 Å². The number of unbranched alkanes of at least 4 members (excludes halogenated alkanes) is 1. The third-order valence-electron chi connectivity index (χ3n) is 4.84. The topological polar surface area (TPSA) is 197 Å². The Morgan fingerprint density at radius 3 is 1.97 bits per heavy atom. The van der Waals surface area contributed by atoms with E-state index in [9.17, 15) is 29.4 Å². The quantitative estimate of drug-likeness (QED) is 0.133. The number of aliphatic hydroxyl groups excluding tert-OH is 1. The van der Waals surface area contributed by atoms with Crippen LogP contribution in [0.25, 0.3) is 0 Å². The maximum absolute atomic E-state index is 12.9. The smallest absolute Gasteiger partial charge is 0.328 e. The van der Waals surface area contributed by atoms with Crippen LogP contribution in [0.2, 0.25) is 0 Å². The Bertz CT molecular complexity index is 619. The molecule has 0 radical (unpaired) electrons. The molecule has 0 spiro atoms. The summed E-state index contributed by atoms with van der Waals surface area (Å²) in [6, 6.07) is -4.27. The fourth-order valence-corrected chi connectivity index (χ4v) is 3.33. The van der Waals surface area contributed by atoms with Crippen molar-refractivity contribution < 1.29 is 29.4 Å². The number of nitrogens with one attached hydrogen (secondary N) is 3. The van der Waals surface area contributed by atoms with Gasteiger partial charge in [-0.05, 0) is 57.1 Å². The Morgan fingerprint density at radius 1 is 0.906 bits per heavy atom. The number of thioether (sulfide) groups is 1. The van der Waals surface area contributed by atoms with E-state index in [1.807, 2.05) is 6.26 Å². The molecule has 0 fully saturated rings. The van der Waals surface area contributed by atoms with Crippen molar-refractivity contribution in [1.82, 2.24) is 16.0 Å². The molecule has 0 saturated heterocycles. The lowest BCUT2D eigenvalue weighted by atomic mass is 10.0. The summed E-state index contributed by atoms with van der Waals surface area (Å²) in [5, 5.41) is 26.3. The fraction of sp³-hybridized carbons (Fsp3) is 0.800. The maximum Gasteiger partial charge on any atom is 0.328 e. The Morgan fingerprint density at radius 2 is 1.50 bits per heavy atom. The van der Waals surface area contributed by atoms with Gasteiger partial charge in [-0.25, -0.2) is 4.79 Å². The first-order chi connectivity index (χ1) is 15.0. The molecule has 0 rings (SSSR count). The molecule has 9 N–H and O–H groups in total. The molecule has 3 amide bonds. The molecule has 0 aliphatic carbocycles. The van der Waals surface area contributed by atoms with Gasteiger partial charge in [-0.15, -0.1) is 0 Å². The fourth-order valence-electron chi connectivity index (χ4n) is 2.84. The van der Waals surface area contributed by atoms with E-state index in [2.05, 4.69) is 16.0 Å². The van der Waals surface area contributed by atoms with Crippen LogP contribution in [0.4, 0.5) is 0 Å². The Kier molecular flexibility index (Phi) is 14.9. The highest BCUT2D eigenvalue weighted by Crippen LogP contribution is 2.08. The Labute approximate surface area is 193 Å². The SMILES string of the molecule is CSCCC(N)C(=O)NC(CCCCN)C(=O)NC(C(=O)NC(C(=O)O)C(C)O)C(C)C. The summed E-state index contributed by atoms with van der Waals surface area (Å²) in [6.07, 6.45) is 2.57. The van der Waals surface area contributed by atoms with Crippen LogP contribution in [0.5, 0.6) is 0 Å². The lowest BCUT2D eigenvalue weighted by molar-refractivity contribution is -0.145. The number of hydrogen-bond donors (Lipinski definition) is 7. The van der Waals surface area contributed by atoms with E-state index < -0.39 is 54.0 Å². The van der Waals surface area contributed by atoms with E-state index >= 15 is 0 Å². The predicted octanol–water partition coefficient (Wildman–Crippen LogP) is -1.23. The first kappa shape index (κ1) is 30.1. The molecule has 0 aliphatic rings. The zero-order chi connectivity index (χ0) is 24.8. The van der Waals surface area contributed by atoms with Crippen LogP contribution in [0, 0.1) is 5.92 Å². The number of aliphatic hydroxyl groups is 1. The van der Waals surface area contributed by atoms with Crippen LogP contribution in [-0.4, -0.2) is 82.7 Å². The minimum Gasteiger partial charge on any atom is -0.480 e. The Hall–Kier alpha value is -1.89. The van der Waals surface area contributed by atoms with Crippen molar-refractivity contribution in [2.75, 3.05) is 18.6 Å². The van der Waals surface area contributed by atoms with E-state index in [4.69, 9.17) is 11.5 Å². The lowest BCUT2D eigenvalue weighted by Crippen LogP contribution is -2.59. The molecule has 12 heteroatoms. The standard InChI is InChI=1S/C20H39N5O6S/c1-11(2)15(19(29)25-16(12(3)26)20(30)31)24-18(28)14(7-5-6-9-21)23-17(27)13(22)8-10-32-4/h11-16,26H,5-10,21-22H2,1-4H3,(H,23,27)(H,24,28)(H,25,29)(H,30,31). The molecule has 0 aromatic rings. The van der Waals surface area contributed by atoms with Crippen molar-refractivity contribution in [2.45, 2.75) is 76.7 Å². The number of rotatable bonds is 16. The number of carboxylic acids is 1. The molecular formula is C20H39N5O6S. The number of carbonyl (C=O) groups is 4. The average molecular weight is 478 g/mol. The van der Waals surface area contributed by atoms with E-state index in [-0.39, 0.29) is 5.92 Å². The molecule has 0 aromatic carbocycles. The van der Waals surface area contributed by atoms with Gasteiger partial charge in [0, 0.05) is 0 Å². The summed E-state index contributed by atoms with van der Waals surface area (Å²) in [7, 11) is 0. The van der Waals surface area contributed by atoms with Gasteiger partial charge in [0.15, 0.2) is 6.04 Å². The largest absolute Gasteiger partial charge is 0.480 e. The van der Waals surface area contributed by atoms with Crippen molar-refractivity contribution >= 4 is 35.5 Å². The van der Waals surface area contributed by atoms with Gasteiger partial charge in [0.05, 0.1) is 12.1 Å². The van der Waals surface area contributed by atoms with E-state index in [1.54, 1.807) is 25.6 Å². The highest BCUT2D eigenvalue weighted by atomic mass is 32.2. The highest BCUT2D eigenvalue weighted by Gasteiger charge is 2.33. The van der Waals surface area contributed by atoms with Gasteiger partial charge in [-0.3, -0.25) is 14.4 Å². The van der Waals surface area contributed by atoms with Crippen LogP contribution in [0.1, 0.15) is 46.5 Å². The summed E-state index contributed by atoms with van der Waals surface area (Å²) in [5.41, 5.74) is 11.4. The summed E-state index contributed by atoms with van der Waals surface area (Å²) in [5.74, 6) is -2.87. The Balaban J connectivity index is 5.36. The molecule has 0 aromatic heterocycles. The normalized spacial score (nSPS) is 15.9. The van der Waals surface area contributed by atoms with Gasteiger partial charge in [0.25, 0.3) is 0 Å². The third kappa shape index (κ3) is 11.1. The number of amides is 3. The van der Waals surface area contributed by atoms with E-state index in [0.717, 1.165) is 0 Å². The second-order valence-electron chi connectivity index (χ2n) is 8.03. The first-order valence-electron chi connectivity index (χ1n) is 10.7. The summed E-state index contributed by atoms with van der Waals surface area (Å²) in [6.45, 7) is 5.04. The van der Waals surface area contributed by atoms with Crippen molar-refractivity contribution in [1.29, 1.82) is 0 Å². The zero-order valence-electron chi connectivity index (χ0n) is 19.3.